The Hall–Kier alpha value is -3.95. The Balaban J connectivity index is 1.75. The zero-order valence-corrected chi connectivity index (χ0v) is 14.9. The first kappa shape index (κ1) is 18.4. The third-order valence-electron chi connectivity index (χ3n) is 4.10. The van der Waals surface area contributed by atoms with Crippen LogP contribution in [0.5, 0.6) is 0 Å². The van der Waals surface area contributed by atoms with E-state index in [1.165, 1.54) is 16.8 Å². The number of hydrogen-bond acceptors (Lipinski definition) is 6. The van der Waals surface area contributed by atoms with E-state index in [1.54, 1.807) is 6.07 Å². The first-order valence-corrected chi connectivity index (χ1v) is 8.51. The fourth-order valence-corrected chi connectivity index (χ4v) is 2.85. The van der Waals surface area contributed by atoms with Crippen LogP contribution in [0.3, 0.4) is 0 Å². The Bertz CT molecular complexity index is 1170. The number of benzene rings is 2. The van der Waals surface area contributed by atoms with Crippen LogP contribution >= 0.6 is 0 Å². The number of para-hydroxylation sites is 1. The average Bonchev–Trinajstić information content (AvgIpc) is 3.03. The molecule has 4 rings (SSSR count). The van der Waals surface area contributed by atoms with Crippen molar-refractivity contribution in [1.82, 2.24) is 14.6 Å². The Morgan fingerprint density at radius 3 is 2.38 bits per heavy atom. The molecule has 0 radical (unpaired) electrons. The molecule has 4 aromatic rings. The molecule has 0 aliphatic heterocycles. The van der Waals surface area contributed by atoms with Gasteiger partial charge in [0.1, 0.15) is 5.82 Å². The fraction of sp³-hybridized carbons (Fsp3) is 0.0526. The van der Waals surface area contributed by atoms with E-state index < -0.39 is 11.7 Å². The molecule has 29 heavy (non-hydrogen) atoms. The minimum atomic E-state index is -4.52. The SMILES string of the molecule is Nc1cc(Nc2cc(Nc3ccccc3)c3ncc(N)n3n2)cc(C(F)(F)F)c1. The second-order valence-electron chi connectivity index (χ2n) is 6.32. The maximum absolute atomic E-state index is 13.1. The van der Waals surface area contributed by atoms with Crippen LogP contribution in [0.4, 0.5) is 47.6 Å². The summed E-state index contributed by atoms with van der Waals surface area (Å²) in [5.41, 5.74) is 12.7. The van der Waals surface area contributed by atoms with Gasteiger partial charge in [0.05, 0.1) is 17.4 Å². The number of imidazole rings is 1. The highest BCUT2D eigenvalue weighted by atomic mass is 19.4. The first-order chi connectivity index (χ1) is 13.8. The summed E-state index contributed by atoms with van der Waals surface area (Å²) in [5.74, 6) is 0.544. The topological polar surface area (TPSA) is 106 Å². The van der Waals surface area contributed by atoms with Crippen molar-refractivity contribution in [3.05, 3.63) is 66.4 Å². The minimum Gasteiger partial charge on any atom is -0.399 e. The van der Waals surface area contributed by atoms with Crippen LogP contribution in [0.2, 0.25) is 0 Å². The van der Waals surface area contributed by atoms with Crippen LogP contribution in [0, 0.1) is 0 Å². The Morgan fingerprint density at radius 1 is 0.897 bits per heavy atom. The predicted molar refractivity (Wildman–Crippen MR) is 106 cm³/mol. The average molecular weight is 399 g/mol. The summed E-state index contributed by atoms with van der Waals surface area (Å²) in [6.45, 7) is 0. The molecule has 7 nitrogen and oxygen atoms in total. The van der Waals surface area contributed by atoms with Crippen molar-refractivity contribution in [3.63, 3.8) is 0 Å². The number of nitrogens with two attached hydrogens (primary N) is 2. The van der Waals surface area contributed by atoms with Gasteiger partial charge in [0.25, 0.3) is 0 Å². The van der Waals surface area contributed by atoms with Crippen LogP contribution in [0.25, 0.3) is 5.65 Å². The Morgan fingerprint density at radius 2 is 1.66 bits per heavy atom. The number of anilines is 6. The van der Waals surface area contributed by atoms with E-state index in [-0.39, 0.29) is 23.0 Å². The highest BCUT2D eigenvalue weighted by Crippen LogP contribution is 2.34. The summed E-state index contributed by atoms with van der Waals surface area (Å²) in [6, 6.07) is 14.2. The summed E-state index contributed by atoms with van der Waals surface area (Å²) in [6.07, 6.45) is -3.07. The van der Waals surface area contributed by atoms with Gasteiger partial charge < -0.3 is 22.1 Å². The standard InChI is InChI=1S/C19H16F3N7/c20-19(21,22)11-6-12(23)8-14(7-11)27-17-9-15(26-13-4-2-1-3-5-13)18-25-10-16(24)29(18)28-17/h1-10,26H,23-24H2,(H,27,28). The molecule has 0 aliphatic carbocycles. The molecule has 0 bridgehead atoms. The summed E-state index contributed by atoms with van der Waals surface area (Å²) in [7, 11) is 0. The van der Waals surface area contributed by atoms with Crippen molar-refractivity contribution in [3.8, 4) is 0 Å². The lowest BCUT2D eigenvalue weighted by molar-refractivity contribution is -0.137. The number of hydrogen-bond donors (Lipinski definition) is 4. The van der Waals surface area contributed by atoms with E-state index in [1.807, 2.05) is 30.3 Å². The van der Waals surface area contributed by atoms with Crippen LogP contribution in [-0.4, -0.2) is 14.6 Å². The van der Waals surface area contributed by atoms with E-state index in [4.69, 9.17) is 11.5 Å². The smallest absolute Gasteiger partial charge is 0.399 e. The lowest BCUT2D eigenvalue weighted by Gasteiger charge is -2.14. The first-order valence-electron chi connectivity index (χ1n) is 8.51. The third-order valence-corrected chi connectivity index (χ3v) is 4.10. The molecule has 2 heterocycles. The summed E-state index contributed by atoms with van der Waals surface area (Å²) in [5, 5.41) is 10.4. The molecule has 0 unspecified atom stereocenters. The lowest BCUT2D eigenvalue weighted by Crippen LogP contribution is -2.08. The number of alkyl halides is 3. The molecule has 0 fully saturated rings. The maximum Gasteiger partial charge on any atom is 0.416 e. The van der Waals surface area contributed by atoms with Crippen LogP contribution in [0.15, 0.2) is 60.8 Å². The number of nitrogens with zero attached hydrogens (tertiary/aromatic N) is 3. The van der Waals surface area contributed by atoms with E-state index in [2.05, 4.69) is 20.7 Å². The lowest BCUT2D eigenvalue weighted by atomic mass is 10.1. The molecule has 10 heteroatoms. The second-order valence-corrected chi connectivity index (χ2v) is 6.32. The predicted octanol–water partition coefficient (Wildman–Crippen LogP) is 4.40. The molecular weight excluding hydrogens is 383 g/mol. The highest BCUT2D eigenvalue weighted by molar-refractivity contribution is 5.78. The van der Waals surface area contributed by atoms with Gasteiger partial charge in [-0.1, -0.05) is 18.2 Å². The highest BCUT2D eigenvalue weighted by Gasteiger charge is 2.31. The van der Waals surface area contributed by atoms with Gasteiger partial charge in [0.2, 0.25) is 0 Å². The van der Waals surface area contributed by atoms with E-state index >= 15 is 0 Å². The van der Waals surface area contributed by atoms with Crippen molar-refractivity contribution in [2.45, 2.75) is 6.18 Å². The molecule has 0 atom stereocenters. The Labute approximate surface area is 163 Å². The van der Waals surface area contributed by atoms with E-state index in [9.17, 15) is 13.2 Å². The number of aromatic nitrogens is 3. The molecule has 0 saturated carbocycles. The monoisotopic (exact) mass is 399 g/mol. The summed E-state index contributed by atoms with van der Waals surface area (Å²) < 4.78 is 40.6. The molecule has 0 aliphatic rings. The van der Waals surface area contributed by atoms with Crippen molar-refractivity contribution < 1.29 is 13.2 Å². The van der Waals surface area contributed by atoms with Gasteiger partial charge in [0, 0.05) is 23.1 Å². The number of nitrogens with one attached hydrogen (secondary N) is 2. The Kier molecular flexibility index (Phi) is 4.38. The zero-order valence-electron chi connectivity index (χ0n) is 14.9. The van der Waals surface area contributed by atoms with E-state index in [0.29, 0.717) is 11.3 Å². The van der Waals surface area contributed by atoms with Crippen LogP contribution in [0.1, 0.15) is 5.56 Å². The molecule has 0 spiro atoms. The van der Waals surface area contributed by atoms with Gasteiger partial charge in [-0.2, -0.15) is 17.7 Å². The minimum absolute atomic E-state index is 0.0202. The largest absolute Gasteiger partial charge is 0.416 e. The van der Waals surface area contributed by atoms with Crippen LogP contribution in [-0.2, 0) is 6.18 Å². The summed E-state index contributed by atoms with van der Waals surface area (Å²) in [4.78, 5) is 4.24. The van der Waals surface area contributed by atoms with Gasteiger partial charge in [-0.15, -0.1) is 5.10 Å². The quantitative estimate of drug-likeness (QED) is 0.379. The molecule has 0 amide bonds. The number of halogens is 3. The maximum atomic E-state index is 13.1. The summed E-state index contributed by atoms with van der Waals surface area (Å²) >= 11 is 0. The molecule has 2 aromatic heterocycles. The van der Waals surface area contributed by atoms with Gasteiger partial charge in [-0.05, 0) is 30.3 Å². The molecule has 148 valence electrons. The van der Waals surface area contributed by atoms with Crippen molar-refractivity contribution in [2.75, 3.05) is 22.1 Å². The molecular formula is C19H16F3N7. The van der Waals surface area contributed by atoms with Gasteiger partial charge in [0.15, 0.2) is 11.5 Å². The number of fused-ring (bicyclic) bond motifs is 1. The van der Waals surface area contributed by atoms with Crippen molar-refractivity contribution in [1.29, 1.82) is 0 Å². The molecule has 6 N–H and O–H groups in total. The number of nitrogen functional groups attached to an aromatic ring is 2. The number of rotatable bonds is 4. The fourth-order valence-electron chi connectivity index (χ4n) is 2.85. The van der Waals surface area contributed by atoms with Crippen molar-refractivity contribution in [2.24, 2.45) is 0 Å². The van der Waals surface area contributed by atoms with Gasteiger partial charge in [-0.3, -0.25) is 0 Å². The normalized spacial score (nSPS) is 11.6. The van der Waals surface area contributed by atoms with E-state index in [0.717, 1.165) is 17.8 Å². The molecule has 0 saturated heterocycles. The third kappa shape index (κ3) is 3.86. The second kappa shape index (κ2) is 6.89. The molecule has 2 aromatic carbocycles. The van der Waals surface area contributed by atoms with Crippen LogP contribution < -0.4 is 22.1 Å². The van der Waals surface area contributed by atoms with Crippen molar-refractivity contribution >= 4 is 40.0 Å². The van der Waals surface area contributed by atoms with Gasteiger partial charge in [-0.25, -0.2) is 4.98 Å². The zero-order chi connectivity index (χ0) is 20.6. The van der Waals surface area contributed by atoms with Gasteiger partial charge >= 0.3 is 6.18 Å².